The largest absolute Gasteiger partial charge is 0.493 e. The predicted octanol–water partition coefficient (Wildman–Crippen LogP) is 3.16. The monoisotopic (exact) mass is 281 g/mol. The van der Waals surface area contributed by atoms with Gasteiger partial charge in [-0.05, 0) is 37.0 Å². The molecule has 1 rings (SSSR count). The molecule has 0 amide bonds. The Balaban J connectivity index is 2.40. The van der Waals surface area contributed by atoms with Gasteiger partial charge in [0.25, 0.3) is 0 Å². The maximum Gasteiger partial charge on any atom is 0.161 e. The average molecular weight is 281 g/mol. The predicted molar refractivity (Wildman–Crippen MR) is 81.4 cm³/mol. The second-order valence-electron chi connectivity index (χ2n) is 5.34. The zero-order chi connectivity index (χ0) is 15.0. The highest BCUT2D eigenvalue weighted by molar-refractivity contribution is 5.43. The highest BCUT2D eigenvalue weighted by atomic mass is 16.5. The summed E-state index contributed by atoms with van der Waals surface area (Å²) in [4.78, 5) is 0. The Morgan fingerprint density at radius 2 is 1.80 bits per heavy atom. The van der Waals surface area contributed by atoms with Crippen molar-refractivity contribution >= 4 is 0 Å². The van der Waals surface area contributed by atoms with Crippen LogP contribution < -0.4 is 15.2 Å². The minimum Gasteiger partial charge on any atom is -0.493 e. The molecular weight excluding hydrogens is 254 g/mol. The van der Waals surface area contributed by atoms with Crippen molar-refractivity contribution in [3.8, 4) is 11.5 Å². The average Bonchev–Trinajstić information content (AvgIpc) is 2.42. The second kappa shape index (κ2) is 8.82. The highest BCUT2D eigenvalue weighted by Crippen LogP contribution is 2.29. The molecule has 0 saturated carbocycles. The molecule has 0 spiro atoms. The van der Waals surface area contributed by atoms with Gasteiger partial charge >= 0.3 is 0 Å². The summed E-state index contributed by atoms with van der Waals surface area (Å²) in [5, 5.41) is 0. The molecular formula is C16H27NO3. The van der Waals surface area contributed by atoms with Crippen molar-refractivity contribution in [1.29, 1.82) is 0 Å². The van der Waals surface area contributed by atoms with E-state index in [0.717, 1.165) is 24.3 Å². The standard InChI is InChI=1S/C16H27NO3/c1-12(2)7-8-19-9-10-20-15-6-5-14(13(3)17)11-16(15)18-4/h5-6,11-13H,7-10,17H2,1-4H3. The number of hydrogen-bond donors (Lipinski definition) is 1. The lowest BCUT2D eigenvalue weighted by atomic mass is 10.1. The first kappa shape index (κ1) is 16.8. The summed E-state index contributed by atoms with van der Waals surface area (Å²) >= 11 is 0. The van der Waals surface area contributed by atoms with Gasteiger partial charge < -0.3 is 19.9 Å². The molecule has 0 aliphatic rings. The fourth-order valence-corrected chi connectivity index (χ4v) is 1.72. The highest BCUT2D eigenvalue weighted by Gasteiger charge is 2.08. The fraction of sp³-hybridized carbons (Fsp3) is 0.625. The molecule has 1 unspecified atom stereocenters. The zero-order valence-corrected chi connectivity index (χ0v) is 13.0. The normalized spacial score (nSPS) is 12.5. The molecule has 0 aliphatic heterocycles. The number of benzene rings is 1. The van der Waals surface area contributed by atoms with E-state index in [0.29, 0.717) is 24.9 Å². The SMILES string of the molecule is COc1cc(C(C)N)ccc1OCCOCCC(C)C. The lowest BCUT2D eigenvalue weighted by molar-refractivity contribution is 0.0916. The minimum absolute atomic E-state index is 0.0164. The summed E-state index contributed by atoms with van der Waals surface area (Å²) < 4.78 is 16.5. The minimum atomic E-state index is -0.0164. The Morgan fingerprint density at radius 1 is 1.05 bits per heavy atom. The quantitative estimate of drug-likeness (QED) is 0.706. The molecule has 1 atom stereocenters. The van der Waals surface area contributed by atoms with Crippen LogP contribution in [-0.4, -0.2) is 26.9 Å². The molecule has 0 fully saturated rings. The summed E-state index contributed by atoms with van der Waals surface area (Å²) in [5.41, 5.74) is 6.88. The molecule has 0 aliphatic carbocycles. The van der Waals surface area contributed by atoms with E-state index in [1.807, 2.05) is 25.1 Å². The molecule has 2 N–H and O–H groups in total. The van der Waals surface area contributed by atoms with E-state index in [1.165, 1.54) is 0 Å². The third kappa shape index (κ3) is 5.80. The van der Waals surface area contributed by atoms with Gasteiger partial charge in [-0.15, -0.1) is 0 Å². The Morgan fingerprint density at radius 3 is 2.40 bits per heavy atom. The van der Waals surface area contributed by atoms with Crippen LogP contribution in [0.15, 0.2) is 18.2 Å². The second-order valence-corrected chi connectivity index (χ2v) is 5.34. The molecule has 20 heavy (non-hydrogen) atoms. The maximum absolute atomic E-state index is 5.85. The summed E-state index contributed by atoms with van der Waals surface area (Å²) in [5.74, 6) is 2.10. The Hall–Kier alpha value is -1.26. The number of nitrogens with two attached hydrogens (primary N) is 1. The van der Waals surface area contributed by atoms with Crippen LogP contribution in [0.25, 0.3) is 0 Å². The van der Waals surface area contributed by atoms with Crippen molar-refractivity contribution in [2.45, 2.75) is 33.2 Å². The van der Waals surface area contributed by atoms with Crippen LogP contribution >= 0.6 is 0 Å². The summed E-state index contributed by atoms with van der Waals surface area (Å²) in [6.07, 6.45) is 1.08. The van der Waals surface area contributed by atoms with Gasteiger partial charge in [0.15, 0.2) is 11.5 Å². The van der Waals surface area contributed by atoms with E-state index in [9.17, 15) is 0 Å². The molecule has 4 nitrogen and oxygen atoms in total. The van der Waals surface area contributed by atoms with Gasteiger partial charge in [0.2, 0.25) is 0 Å². The molecule has 0 saturated heterocycles. The molecule has 0 radical (unpaired) electrons. The van der Waals surface area contributed by atoms with Crippen LogP contribution in [0.5, 0.6) is 11.5 Å². The van der Waals surface area contributed by atoms with E-state index in [4.69, 9.17) is 19.9 Å². The smallest absolute Gasteiger partial charge is 0.161 e. The third-order valence-corrected chi connectivity index (χ3v) is 3.04. The van der Waals surface area contributed by atoms with Crippen molar-refractivity contribution in [2.24, 2.45) is 11.7 Å². The molecule has 0 heterocycles. The third-order valence-electron chi connectivity index (χ3n) is 3.04. The van der Waals surface area contributed by atoms with Gasteiger partial charge in [0, 0.05) is 12.6 Å². The maximum atomic E-state index is 5.85. The number of ether oxygens (including phenoxy) is 3. The van der Waals surface area contributed by atoms with Crippen molar-refractivity contribution < 1.29 is 14.2 Å². The van der Waals surface area contributed by atoms with Crippen molar-refractivity contribution in [3.63, 3.8) is 0 Å². The van der Waals surface area contributed by atoms with Gasteiger partial charge in [0.1, 0.15) is 6.61 Å². The lowest BCUT2D eigenvalue weighted by Gasteiger charge is -2.14. The number of methoxy groups -OCH3 is 1. The number of rotatable bonds is 9. The first-order valence-electron chi connectivity index (χ1n) is 7.18. The Labute approximate surface area is 122 Å². The van der Waals surface area contributed by atoms with E-state index in [-0.39, 0.29) is 6.04 Å². The van der Waals surface area contributed by atoms with Crippen molar-refractivity contribution in [2.75, 3.05) is 26.9 Å². The number of hydrogen-bond acceptors (Lipinski definition) is 4. The Bertz CT molecular complexity index is 391. The van der Waals surface area contributed by atoms with Crippen molar-refractivity contribution in [1.82, 2.24) is 0 Å². The summed E-state index contributed by atoms with van der Waals surface area (Å²) in [7, 11) is 1.63. The molecule has 114 valence electrons. The van der Waals surface area contributed by atoms with Crippen LogP contribution in [-0.2, 0) is 4.74 Å². The van der Waals surface area contributed by atoms with Gasteiger partial charge in [-0.25, -0.2) is 0 Å². The molecule has 1 aromatic rings. The summed E-state index contributed by atoms with van der Waals surface area (Å²) in [6.45, 7) is 8.20. The van der Waals surface area contributed by atoms with E-state index >= 15 is 0 Å². The van der Waals surface area contributed by atoms with E-state index in [2.05, 4.69) is 13.8 Å². The molecule has 0 aromatic heterocycles. The zero-order valence-electron chi connectivity index (χ0n) is 13.0. The van der Waals surface area contributed by atoms with Crippen LogP contribution in [0.1, 0.15) is 38.8 Å². The van der Waals surface area contributed by atoms with Crippen LogP contribution in [0, 0.1) is 5.92 Å². The van der Waals surface area contributed by atoms with Crippen LogP contribution in [0.3, 0.4) is 0 Å². The van der Waals surface area contributed by atoms with Gasteiger partial charge in [-0.1, -0.05) is 19.9 Å². The Kier molecular flexibility index (Phi) is 7.41. The van der Waals surface area contributed by atoms with Gasteiger partial charge in [-0.2, -0.15) is 0 Å². The summed E-state index contributed by atoms with van der Waals surface area (Å²) in [6, 6.07) is 5.75. The van der Waals surface area contributed by atoms with E-state index < -0.39 is 0 Å². The molecule has 1 aromatic carbocycles. The van der Waals surface area contributed by atoms with E-state index in [1.54, 1.807) is 7.11 Å². The van der Waals surface area contributed by atoms with Crippen LogP contribution in [0.4, 0.5) is 0 Å². The topological polar surface area (TPSA) is 53.7 Å². The molecule has 0 bridgehead atoms. The van der Waals surface area contributed by atoms with Crippen molar-refractivity contribution in [3.05, 3.63) is 23.8 Å². The molecule has 4 heteroatoms. The van der Waals surface area contributed by atoms with Gasteiger partial charge in [0.05, 0.1) is 13.7 Å². The lowest BCUT2D eigenvalue weighted by Crippen LogP contribution is -2.10. The fourth-order valence-electron chi connectivity index (χ4n) is 1.72. The first-order chi connectivity index (χ1) is 9.54. The first-order valence-corrected chi connectivity index (χ1v) is 7.18. The van der Waals surface area contributed by atoms with Gasteiger partial charge in [-0.3, -0.25) is 0 Å². The van der Waals surface area contributed by atoms with Crippen LogP contribution in [0.2, 0.25) is 0 Å².